The van der Waals surface area contributed by atoms with Gasteiger partial charge in [-0.15, -0.1) is 0 Å². The van der Waals surface area contributed by atoms with Gasteiger partial charge in [0.2, 0.25) is 11.8 Å². The minimum atomic E-state index is -0.825. The molecule has 0 aliphatic carbocycles. The monoisotopic (exact) mass is 202 g/mol. The fourth-order valence-corrected chi connectivity index (χ4v) is 0.977. The summed E-state index contributed by atoms with van der Waals surface area (Å²) >= 11 is 0. The molecule has 0 saturated heterocycles. The number of nitrogens with zero attached hydrogens (tertiary/aromatic N) is 1. The highest BCUT2D eigenvalue weighted by atomic mass is 16.2. The molecular weight excluding hydrogens is 184 g/mol. The molecule has 0 aromatic heterocycles. The van der Waals surface area contributed by atoms with Crippen LogP contribution in [-0.4, -0.2) is 49.9 Å². The molecule has 82 valence electrons. The van der Waals surface area contributed by atoms with Crippen molar-refractivity contribution in [3.05, 3.63) is 0 Å². The van der Waals surface area contributed by atoms with E-state index >= 15 is 0 Å². The van der Waals surface area contributed by atoms with Gasteiger partial charge in [0.15, 0.2) is 0 Å². The van der Waals surface area contributed by atoms with Gasteiger partial charge in [-0.3, -0.25) is 9.59 Å². The van der Waals surface area contributed by atoms with Crippen LogP contribution in [0, 0.1) is 0 Å². The molecule has 0 fully saturated rings. The van der Waals surface area contributed by atoms with Gasteiger partial charge in [0.25, 0.3) is 0 Å². The van der Waals surface area contributed by atoms with E-state index < -0.39 is 11.9 Å². The van der Waals surface area contributed by atoms with Gasteiger partial charge in [0.1, 0.15) is 0 Å². The van der Waals surface area contributed by atoms with Gasteiger partial charge in [-0.25, -0.2) is 0 Å². The third-order valence-corrected chi connectivity index (χ3v) is 1.81. The van der Waals surface area contributed by atoms with Gasteiger partial charge in [-0.1, -0.05) is 0 Å². The van der Waals surface area contributed by atoms with E-state index in [1.54, 1.807) is 14.1 Å². The van der Waals surface area contributed by atoms with Crippen molar-refractivity contribution < 1.29 is 9.59 Å². The number of likely N-dealkylation sites (N-methyl/N-ethyl adjacent to an activating group) is 2. The molecule has 0 bridgehead atoms. The van der Waals surface area contributed by atoms with Crippen LogP contribution in [0.1, 0.15) is 6.42 Å². The Labute approximate surface area is 83.6 Å². The Balaban J connectivity index is 3.97. The molecule has 14 heavy (non-hydrogen) atoms. The number of hydrogen-bond acceptors (Lipinski definition) is 4. The lowest BCUT2D eigenvalue weighted by Crippen LogP contribution is -2.45. The first-order chi connectivity index (χ1) is 6.49. The Kier molecular flexibility index (Phi) is 5.82. The minimum absolute atomic E-state index is 0.108. The second kappa shape index (κ2) is 6.33. The van der Waals surface area contributed by atoms with Gasteiger partial charge < -0.3 is 21.7 Å². The molecule has 1 unspecified atom stereocenters. The van der Waals surface area contributed by atoms with E-state index in [-0.39, 0.29) is 12.3 Å². The summed E-state index contributed by atoms with van der Waals surface area (Å²) in [7, 11) is 3.43. The molecule has 6 nitrogen and oxygen atoms in total. The second-order valence-electron chi connectivity index (χ2n) is 3.14. The van der Waals surface area contributed by atoms with Crippen molar-refractivity contribution in [3.63, 3.8) is 0 Å². The van der Waals surface area contributed by atoms with Crippen LogP contribution in [0.3, 0.4) is 0 Å². The summed E-state index contributed by atoms with van der Waals surface area (Å²) in [6, 6.07) is -0.825. The molecule has 2 amide bonds. The maximum Gasteiger partial charge on any atom is 0.239 e. The fraction of sp³-hybridized carbons (Fsp3) is 0.750. The quantitative estimate of drug-likeness (QED) is 0.458. The van der Waals surface area contributed by atoms with E-state index in [1.807, 2.05) is 0 Å². The zero-order chi connectivity index (χ0) is 11.1. The Morgan fingerprint density at radius 1 is 1.50 bits per heavy atom. The maximum atomic E-state index is 11.4. The highest BCUT2D eigenvalue weighted by molar-refractivity contribution is 5.87. The number of rotatable bonds is 6. The standard InChI is InChI=1S/C8H18N4O2/c1-11-3-4-12(2)8(14)6(9)5-7(10)13/h6,11H,3-5,9H2,1-2H3,(H2,10,13). The number of primary amides is 1. The minimum Gasteiger partial charge on any atom is -0.370 e. The molecule has 0 rings (SSSR count). The highest BCUT2D eigenvalue weighted by Crippen LogP contribution is 1.93. The lowest BCUT2D eigenvalue weighted by molar-refractivity contribution is -0.133. The van der Waals surface area contributed by atoms with Crippen molar-refractivity contribution in [3.8, 4) is 0 Å². The Hall–Kier alpha value is -1.14. The van der Waals surface area contributed by atoms with Gasteiger partial charge in [0, 0.05) is 20.1 Å². The van der Waals surface area contributed by atoms with E-state index in [0.717, 1.165) is 0 Å². The summed E-state index contributed by atoms with van der Waals surface area (Å²) in [6.45, 7) is 1.24. The Morgan fingerprint density at radius 3 is 2.50 bits per heavy atom. The smallest absolute Gasteiger partial charge is 0.239 e. The van der Waals surface area contributed by atoms with Crippen LogP contribution in [-0.2, 0) is 9.59 Å². The molecule has 0 aliphatic heterocycles. The molecule has 0 spiro atoms. The number of nitrogens with two attached hydrogens (primary N) is 2. The number of amides is 2. The van der Waals surface area contributed by atoms with Gasteiger partial charge >= 0.3 is 0 Å². The molecule has 0 aliphatic rings. The number of nitrogens with one attached hydrogen (secondary N) is 1. The average Bonchev–Trinajstić information content (AvgIpc) is 2.11. The van der Waals surface area contributed by atoms with E-state index in [9.17, 15) is 9.59 Å². The van der Waals surface area contributed by atoms with Crippen molar-refractivity contribution in [1.82, 2.24) is 10.2 Å². The van der Waals surface area contributed by atoms with Crippen LogP contribution in [0.2, 0.25) is 0 Å². The van der Waals surface area contributed by atoms with Crippen LogP contribution >= 0.6 is 0 Å². The van der Waals surface area contributed by atoms with Crippen LogP contribution in [0.15, 0.2) is 0 Å². The molecule has 0 radical (unpaired) electrons. The number of carbonyl (C=O) groups excluding carboxylic acids is 2. The van der Waals surface area contributed by atoms with E-state index in [2.05, 4.69) is 5.32 Å². The lowest BCUT2D eigenvalue weighted by Gasteiger charge is -2.20. The maximum absolute atomic E-state index is 11.4. The van der Waals surface area contributed by atoms with Crippen LogP contribution in [0.5, 0.6) is 0 Å². The zero-order valence-electron chi connectivity index (χ0n) is 8.62. The van der Waals surface area contributed by atoms with Crippen molar-refractivity contribution in [1.29, 1.82) is 0 Å². The first kappa shape index (κ1) is 12.9. The summed E-state index contributed by atoms with van der Waals surface area (Å²) in [5.41, 5.74) is 10.4. The molecular formula is C8H18N4O2. The van der Waals surface area contributed by atoms with Crippen molar-refractivity contribution in [2.75, 3.05) is 27.2 Å². The summed E-state index contributed by atoms with van der Waals surface area (Å²) < 4.78 is 0. The lowest BCUT2D eigenvalue weighted by atomic mass is 10.2. The highest BCUT2D eigenvalue weighted by Gasteiger charge is 2.19. The summed E-state index contributed by atoms with van der Waals surface area (Å²) in [4.78, 5) is 23.4. The molecule has 6 heteroatoms. The van der Waals surface area contributed by atoms with Crippen LogP contribution < -0.4 is 16.8 Å². The predicted molar refractivity (Wildman–Crippen MR) is 53.4 cm³/mol. The van der Waals surface area contributed by atoms with E-state index in [1.165, 1.54) is 4.90 Å². The summed E-state index contributed by atoms with van der Waals surface area (Å²) in [5, 5.41) is 2.91. The number of hydrogen-bond donors (Lipinski definition) is 3. The topological polar surface area (TPSA) is 101 Å². The predicted octanol–water partition coefficient (Wildman–Crippen LogP) is -2.13. The zero-order valence-corrected chi connectivity index (χ0v) is 8.62. The third-order valence-electron chi connectivity index (χ3n) is 1.81. The normalized spacial score (nSPS) is 12.2. The molecule has 1 atom stereocenters. The van der Waals surface area contributed by atoms with Crippen LogP contribution in [0.25, 0.3) is 0 Å². The number of carbonyl (C=O) groups is 2. The average molecular weight is 202 g/mol. The molecule has 0 aromatic rings. The van der Waals surface area contributed by atoms with Gasteiger partial charge in [-0.05, 0) is 7.05 Å². The van der Waals surface area contributed by atoms with Gasteiger partial charge in [-0.2, -0.15) is 0 Å². The first-order valence-corrected chi connectivity index (χ1v) is 4.42. The van der Waals surface area contributed by atoms with E-state index in [0.29, 0.717) is 13.1 Å². The Bertz CT molecular complexity index is 208. The second-order valence-corrected chi connectivity index (χ2v) is 3.14. The molecule has 0 heterocycles. The molecule has 0 aromatic carbocycles. The summed E-state index contributed by atoms with van der Waals surface area (Å²) in [5.74, 6) is -0.827. The third kappa shape index (κ3) is 4.78. The van der Waals surface area contributed by atoms with Crippen LogP contribution in [0.4, 0.5) is 0 Å². The Morgan fingerprint density at radius 2 is 2.07 bits per heavy atom. The van der Waals surface area contributed by atoms with Crippen molar-refractivity contribution in [2.45, 2.75) is 12.5 Å². The SMILES string of the molecule is CNCCN(C)C(=O)C(N)CC(N)=O. The van der Waals surface area contributed by atoms with Crippen molar-refractivity contribution >= 4 is 11.8 Å². The molecule has 0 saturated carbocycles. The van der Waals surface area contributed by atoms with E-state index in [4.69, 9.17) is 11.5 Å². The first-order valence-electron chi connectivity index (χ1n) is 4.42. The fourth-order valence-electron chi connectivity index (χ4n) is 0.977. The van der Waals surface area contributed by atoms with Gasteiger partial charge in [0.05, 0.1) is 12.5 Å². The largest absolute Gasteiger partial charge is 0.370 e. The van der Waals surface area contributed by atoms with Crippen molar-refractivity contribution in [2.24, 2.45) is 11.5 Å². The summed E-state index contributed by atoms with van der Waals surface area (Å²) in [6.07, 6.45) is -0.108. The molecule has 5 N–H and O–H groups in total.